The van der Waals surface area contributed by atoms with Crippen molar-refractivity contribution in [2.75, 3.05) is 15.9 Å². The van der Waals surface area contributed by atoms with Crippen LogP contribution >= 0.6 is 0 Å². The van der Waals surface area contributed by atoms with Crippen molar-refractivity contribution in [1.29, 1.82) is 0 Å². The van der Waals surface area contributed by atoms with Gasteiger partial charge < -0.3 is 15.4 Å². The summed E-state index contributed by atoms with van der Waals surface area (Å²) in [6.07, 6.45) is 4.32. The summed E-state index contributed by atoms with van der Waals surface area (Å²) in [7, 11) is -3.85. The third-order valence-corrected chi connectivity index (χ3v) is 7.01. The van der Waals surface area contributed by atoms with Crippen molar-refractivity contribution in [2.24, 2.45) is 0 Å². The van der Waals surface area contributed by atoms with Crippen LogP contribution in [0.15, 0.2) is 103 Å². The van der Waals surface area contributed by atoms with E-state index in [1.54, 1.807) is 79.1 Å². The topological polar surface area (TPSA) is 118 Å². The minimum atomic E-state index is -3.85. The highest BCUT2D eigenvalue weighted by molar-refractivity contribution is 7.92. The third kappa shape index (κ3) is 7.20. The molecule has 0 saturated carbocycles. The number of para-hydroxylation sites is 2. The van der Waals surface area contributed by atoms with Gasteiger partial charge in [0, 0.05) is 18.9 Å². The van der Waals surface area contributed by atoms with Crippen molar-refractivity contribution in [3.63, 3.8) is 0 Å². The van der Waals surface area contributed by atoms with Crippen molar-refractivity contribution in [2.45, 2.75) is 19.5 Å². The van der Waals surface area contributed by atoms with E-state index in [4.69, 9.17) is 4.74 Å². The Balaban J connectivity index is 1.49. The van der Waals surface area contributed by atoms with Gasteiger partial charge in [-0.05, 0) is 67.1 Å². The van der Waals surface area contributed by atoms with E-state index in [1.165, 1.54) is 6.92 Å². The summed E-state index contributed by atoms with van der Waals surface area (Å²) >= 11 is 0. The molecule has 1 aromatic heterocycles. The lowest BCUT2D eigenvalue weighted by Gasteiger charge is -2.28. The fraction of sp³-hybridized carbons (Fsp3) is 0.138. The average molecular weight is 545 g/mol. The molecule has 2 N–H and O–H groups in total. The molecule has 3 aromatic carbocycles. The normalized spacial score (nSPS) is 11.7. The highest BCUT2D eigenvalue weighted by Gasteiger charge is 2.30. The molecule has 9 nitrogen and oxygen atoms in total. The first-order valence-corrected chi connectivity index (χ1v) is 14.0. The molecule has 0 aliphatic carbocycles. The molecule has 0 aliphatic heterocycles. The van der Waals surface area contributed by atoms with E-state index in [2.05, 4.69) is 15.6 Å². The summed E-state index contributed by atoms with van der Waals surface area (Å²) in [6.45, 7) is 1.74. The summed E-state index contributed by atoms with van der Waals surface area (Å²) in [6, 6.07) is 24.6. The first-order valence-electron chi connectivity index (χ1n) is 12.1. The van der Waals surface area contributed by atoms with Crippen LogP contribution in [0.5, 0.6) is 11.5 Å². The second kappa shape index (κ2) is 12.2. The van der Waals surface area contributed by atoms with E-state index in [-0.39, 0.29) is 17.8 Å². The Morgan fingerprint density at radius 1 is 0.897 bits per heavy atom. The molecule has 0 saturated heterocycles. The lowest BCUT2D eigenvalue weighted by Crippen LogP contribution is -2.45. The van der Waals surface area contributed by atoms with E-state index in [0.717, 1.165) is 16.1 Å². The van der Waals surface area contributed by atoms with Gasteiger partial charge in [-0.2, -0.15) is 0 Å². The number of amides is 2. The molecule has 10 heteroatoms. The van der Waals surface area contributed by atoms with Gasteiger partial charge in [0.1, 0.15) is 17.5 Å². The second-order valence-electron chi connectivity index (χ2n) is 8.72. The van der Waals surface area contributed by atoms with Gasteiger partial charge in [0.25, 0.3) is 5.91 Å². The Morgan fingerprint density at radius 3 is 2.23 bits per heavy atom. The van der Waals surface area contributed by atoms with E-state index in [1.807, 2.05) is 24.3 Å². The predicted octanol–water partition coefficient (Wildman–Crippen LogP) is 4.60. The van der Waals surface area contributed by atoms with Gasteiger partial charge in [-0.1, -0.05) is 36.4 Å². The van der Waals surface area contributed by atoms with Gasteiger partial charge >= 0.3 is 0 Å². The molecule has 39 heavy (non-hydrogen) atoms. The Morgan fingerprint density at radius 2 is 1.56 bits per heavy atom. The Bertz CT molecular complexity index is 1530. The summed E-state index contributed by atoms with van der Waals surface area (Å²) in [5.74, 6) is 0.164. The van der Waals surface area contributed by atoms with E-state index < -0.39 is 27.9 Å². The van der Waals surface area contributed by atoms with Crippen molar-refractivity contribution in [3.8, 4) is 11.5 Å². The molecule has 1 atom stereocenters. The fourth-order valence-electron chi connectivity index (χ4n) is 3.90. The molecule has 0 spiro atoms. The molecule has 0 fully saturated rings. The number of nitrogens with zero attached hydrogens (tertiary/aromatic N) is 2. The van der Waals surface area contributed by atoms with Crippen molar-refractivity contribution >= 4 is 33.2 Å². The highest BCUT2D eigenvalue weighted by Crippen LogP contribution is 2.27. The maximum Gasteiger partial charge on any atom is 0.253 e. The molecule has 4 aromatic rings. The number of aromatic nitrogens is 1. The third-order valence-electron chi connectivity index (χ3n) is 5.76. The van der Waals surface area contributed by atoms with E-state index >= 15 is 0 Å². The van der Waals surface area contributed by atoms with Crippen LogP contribution in [-0.4, -0.2) is 37.5 Å². The minimum Gasteiger partial charge on any atom is -0.457 e. The van der Waals surface area contributed by atoms with Crippen LogP contribution in [0.1, 0.15) is 22.8 Å². The predicted molar refractivity (Wildman–Crippen MR) is 150 cm³/mol. The molecule has 0 aliphatic rings. The molecular weight excluding hydrogens is 516 g/mol. The average Bonchev–Trinajstić information content (AvgIpc) is 2.93. The summed E-state index contributed by atoms with van der Waals surface area (Å²) in [5, 5.41) is 5.52. The van der Waals surface area contributed by atoms with Crippen LogP contribution in [0, 0.1) is 0 Å². The Labute approximate surface area is 227 Å². The maximum absolute atomic E-state index is 13.3. The number of hydrogen-bond donors (Lipinski definition) is 2. The molecule has 1 heterocycles. The number of sulfonamides is 1. The number of anilines is 2. The molecule has 4 rings (SSSR count). The van der Waals surface area contributed by atoms with Crippen LogP contribution in [0.2, 0.25) is 0 Å². The largest absolute Gasteiger partial charge is 0.457 e. The van der Waals surface area contributed by atoms with Crippen LogP contribution in [0.3, 0.4) is 0 Å². The van der Waals surface area contributed by atoms with Gasteiger partial charge in [0.05, 0.1) is 23.2 Å². The molecular formula is C29H28N4O5S. The second-order valence-corrected chi connectivity index (χ2v) is 10.6. The van der Waals surface area contributed by atoms with Gasteiger partial charge in [0.15, 0.2) is 0 Å². The first kappa shape index (κ1) is 27.3. The number of pyridine rings is 1. The smallest absolute Gasteiger partial charge is 0.253 e. The summed E-state index contributed by atoms with van der Waals surface area (Å²) in [4.78, 5) is 30.1. The minimum absolute atomic E-state index is 0.246. The summed E-state index contributed by atoms with van der Waals surface area (Å²) < 4.78 is 32.3. The molecule has 200 valence electrons. The fourth-order valence-corrected chi connectivity index (χ4v) is 5.08. The number of hydrogen-bond acceptors (Lipinski definition) is 6. The van der Waals surface area contributed by atoms with Gasteiger partial charge in [-0.3, -0.25) is 18.9 Å². The molecule has 0 radical (unpaired) electrons. The van der Waals surface area contributed by atoms with Crippen molar-refractivity contribution in [3.05, 3.63) is 115 Å². The quantitative estimate of drug-likeness (QED) is 0.301. The zero-order valence-electron chi connectivity index (χ0n) is 21.4. The number of carbonyl (C=O) groups excluding carboxylic acids is 2. The van der Waals surface area contributed by atoms with Crippen LogP contribution < -0.4 is 19.7 Å². The lowest BCUT2D eigenvalue weighted by molar-refractivity contribution is -0.116. The number of ether oxygens (including phenoxy) is 1. The first-order chi connectivity index (χ1) is 18.7. The van der Waals surface area contributed by atoms with Crippen molar-refractivity contribution < 1.29 is 22.7 Å². The van der Waals surface area contributed by atoms with E-state index in [9.17, 15) is 18.0 Å². The van der Waals surface area contributed by atoms with Gasteiger partial charge in [-0.25, -0.2) is 8.42 Å². The van der Waals surface area contributed by atoms with E-state index in [0.29, 0.717) is 17.2 Å². The number of carbonyl (C=O) groups is 2. The number of benzene rings is 3. The van der Waals surface area contributed by atoms with Crippen LogP contribution in [-0.2, 0) is 21.4 Å². The zero-order chi connectivity index (χ0) is 27.8. The van der Waals surface area contributed by atoms with Gasteiger partial charge in [0.2, 0.25) is 15.9 Å². The van der Waals surface area contributed by atoms with Crippen molar-refractivity contribution in [1.82, 2.24) is 10.3 Å². The monoisotopic (exact) mass is 544 g/mol. The number of nitrogens with one attached hydrogen (secondary N) is 2. The Hall–Kier alpha value is -4.70. The molecule has 2 amide bonds. The van der Waals surface area contributed by atoms with Gasteiger partial charge in [-0.15, -0.1) is 0 Å². The maximum atomic E-state index is 13.3. The molecule has 0 bridgehead atoms. The molecule has 0 unspecified atom stereocenters. The van der Waals surface area contributed by atoms with Crippen LogP contribution in [0.25, 0.3) is 0 Å². The lowest BCUT2D eigenvalue weighted by atomic mass is 10.1. The highest BCUT2D eigenvalue weighted by atomic mass is 32.2. The summed E-state index contributed by atoms with van der Waals surface area (Å²) in [5.41, 5.74) is 1.63. The zero-order valence-corrected chi connectivity index (χ0v) is 22.3. The van der Waals surface area contributed by atoms with Crippen LogP contribution in [0.4, 0.5) is 11.4 Å². The number of rotatable bonds is 10. The SMILES string of the molecule is C[C@@H](C(=O)Nc1ccccc1C(=O)NCc1cccnc1)N(c1ccc(Oc2ccccc2)cc1)S(C)(=O)=O. The standard InChI is InChI=1S/C29H28N4O5S/c1-21(33(39(2,36)37)23-14-16-25(17-15-23)38-24-10-4-3-5-11-24)28(34)32-27-13-7-6-12-26(27)29(35)31-20-22-9-8-18-30-19-22/h3-19,21H,20H2,1-2H3,(H,31,35)(H,32,34)/t21-/m0/s1. The Kier molecular flexibility index (Phi) is 8.57.